The number of nitrogens with zero attached hydrogens (tertiary/aromatic N) is 2. The molecule has 1 fully saturated rings. The molecule has 24 heavy (non-hydrogen) atoms. The van der Waals surface area contributed by atoms with E-state index in [9.17, 15) is 9.59 Å². The van der Waals surface area contributed by atoms with Gasteiger partial charge in [-0.2, -0.15) is 0 Å². The van der Waals surface area contributed by atoms with Crippen LogP contribution in [0.15, 0.2) is 28.7 Å². The Morgan fingerprint density at radius 3 is 2.54 bits per heavy atom. The Hall–Kier alpha value is -1.44. The van der Waals surface area contributed by atoms with Crippen LogP contribution in [-0.2, 0) is 9.53 Å². The monoisotopic (exact) mass is 397 g/mol. The molecule has 1 aromatic rings. The molecule has 0 spiro atoms. The lowest BCUT2D eigenvalue weighted by atomic mass is 10.2. The maximum Gasteiger partial charge on any atom is 0.254 e. The predicted molar refractivity (Wildman–Crippen MR) is 96.0 cm³/mol. The summed E-state index contributed by atoms with van der Waals surface area (Å²) in [7, 11) is 1.63. The SMILES string of the molecule is COCCCN(CC(=O)N1CCNCC1)C(=O)c1ccc(Br)cc1. The maximum absolute atomic E-state index is 12.8. The fourth-order valence-electron chi connectivity index (χ4n) is 2.60. The third kappa shape index (κ3) is 5.58. The molecule has 1 aliphatic heterocycles. The average molecular weight is 398 g/mol. The quantitative estimate of drug-likeness (QED) is 0.705. The van der Waals surface area contributed by atoms with Crippen molar-refractivity contribution in [2.24, 2.45) is 0 Å². The van der Waals surface area contributed by atoms with Crippen LogP contribution in [0.3, 0.4) is 0 Å². The molecular weight excluding hydrogens is 374 g/mol. The third-order valence-corrected chi connectivity index (χ3v) is 4.48. The lowest BCUT2D eigenvalue weighted by Gasteiger charge is -2.30. The summed E-state index contributed by atoms with van der Waals surface area (Å²) in [5.74, 6) is -0.124. The van der Waals surface area contributed by atoms with Crippen LogP contribution in [0.1, 0.15) is 16.8 Å². The van der Waals surface area contributed by atoms with Crippen LogP contribution in [0.2, 0.25) is 0 Å². The Morgan fingerprint density at radius 1 is 1.25 bits per heavy atom. The molecule has 6 nitrogen and oxygen atoms in total. The standard InChI is InChI=1S/C17H24BrN3O3/c1-24-12-2-9-21(13-16(22)20-10-7-19-8-11-20)17(23)14-3-5-15(18)6-4-14/h3-6,19H,2,7-13H2,1H3. The number of halogens is 1. The highest BCUT2D eigenvalue weighted by atomic mass is 79.9. The Labute approximate surface area is 151 Å². The summed E-state index contributed by atoms with van der Waals surface area (Å²) >= 11 is 3.37. The van der Waals surface area contributed by atoms with Gasteiger partial charge in [-0.15, -0.1) is 0 Å². The molecule has 1 saturated heterocycles. The van der Waals surface area contributed by atoms with Gasteiger partial charge in [0.05, 0.1) is 0 Å². The minimum Gasteiger partial charge on any atom is -0.385 e. The molecule has 2 rings (SSSR count). The van der Waals surface area contributed by atoms with E-state index in [1.807, 2.05) is 17.0 Å². The summed E-state index contributed by atoms with van der Waals surface area (Å²) in [4.78, 5) is 28.7. The van der Waals surface area contributed by atoms with Gasteiger partial charge < -0.3 is 19.9 Å². The molecule has 1 heterocycles. The van der Waals surface area contributed by atoms with Crippen LogP contribution in [0.5, 0.6) is 0 Å². The predicted octanol–water partition coefficient (Wildman–Crippen LogP) is 1.36. The second-order valence-electron chi connectivity index (χ2n) is 5.71. The molecule has 1 aliphatic rings. The number of hydrogen-bond donors (Lipinski definition) is 1. The number of methoxy groups -OCH3 is 1. The molecule has 7 heteroatoms. The Morgan fingerprint density at radius 2 is 1.92 bits per heavy atom. The summed E-state index contributed by atoms with van der Waals surface area (Å²) in [6.07, 6.45) is 0.702. The maximum atomic E-state index is 12.8. The second-order valence-corrected chi connectivity index (χ2v) is 6.63. The van der Waals surface area contributed by atoms with Crippen molar-refractivity contribution in [1.29, 1.82) is 0 Å². The number of hydrogen-bond acceptors (Lipinski definition) is 4. The molecule has 0 saturated carbocycles. The van der Waals surface area contributed by atoms with Gasteiger partial charge in [0.15, 0.2) is 0 Å². The number of ether oxygens (including phenoxy) is 1. The highest BCUT2D eigenvalue weighted by Gasteiger charge is 2.23. The van der Waals surface area contributed by atoms with Crippen LogP contribution < -0.4 is 5.32 Å². The van der Waals surface area contributed by atoms with Crippen molar-refractivity contribution in [3.63, 3.8) is 0 Å². The molecule has 0 atom stereocenters. The molecule has 2 amide bonds. The average Bonchev–Trinajstić information content (AvgIpc) is 2.61. The zero-order valence-corrected chi connectivity index (χ0v) is 15.5. The minimum atomic E-state index is -0.123. The first kappa shape index (κ1) is 18.9. The van der Waals surface area contributed by atoms with Crippen LogP contribution in [0, 0.1) is 0 Å². The van der Waals surface area contributed by atoms with E-state index < -0.39 is 0 Å². The first-order valence-corrected chi connectivity index (χ1v) is 8.93. The molecule has 0 aliphatic carbocycles. The first-order chi connectivity index (χ1) is 11.6. The highest BCUT2D eigenvalue weighted by molar-refractivity contribution is 9.10. The lowest BCUT2D eigenvalue weighted by molar-refractivity contribution is -0.132. The number of nitrogens with one attached hydrogen (secondary N) is 1. The van der Waals surface area contributed by atoms with Gasteiger partial charge in [0, 0.05) is 56.5 Å². The van der Waals surface area contributed by atoms with Gasteiger partial charge in [-0.1, -0.05) is 15.9 Å². The Kier molecular flexibility index (Phi) is 7.68. The molecule has 0 bridgehead atoms. The fraction of sp³-hybridized carbons (Fsp3) is 0.529. The zero-order chi connectivity index (χ0) is 17.4. The van der Waals surface area contributed by atoms with Gasteiger partial charge in [0.25, 0.3) is 5.91 Å². The van der Waals surface area contributed by atoms with Crippen LogP contribution in [-0.4, -0.2) is 74.6 Å². The van der Waals surface area contributed by atoms with Crippen molar-refractivity contribution in [2.45, 2.75) is 6.42 Å². The van der Waals surface area contributed by atoms with E-state index in [1.165, 1.54) is 0 Å². The van der Waals surface area contributed by atoms with Crippen molar-refractivity contribution in [3.8, 4) is 0 Å². The lowest BCUT2D eigenvalue weighted by Crippen LogP contribution is -2.50. The number of rotatable bonds is 7. The van der Waals surface area contributed by atoms with Crippen molar-refractivity contribution < 1.29 is 14.3 Å². The first-order valence-electron chi connectivity index (χ1n) is 8.14. The van der Waals surface area contributed by atoms with Gasteiger partial charge in [-0.25, -0.2) is 0 Å². The second kappa shape index (κ2) is 9.76. The molecule has 0 radical (unpaired) electrons. The Balaban J connectivity index is 2.03. The molecule has 0 unspecified atom stereocenters. The van der Waals surface area contributed by atoms with Gasteiger partial charge in [0.1, 0.15) is 6.54 Å². The van der Waals surface area contributed by atoms with Gasteiger partial charge in [-0.3, -0.25) is 9.59 Å². The van der Waals surface area contributed by atoms with Crippen LogP contribution in [0.25, 0.3) is 0 Å². The van der Waals surface area contributed by atoms with E-state index in [-0.39, 0.29) is 18.4 Å². The van der Waals surface area contributed by atoms with E-state index in [4.69, 9.17) is 4.74 Å². The third-order valence-electron chi connectivity index (χ3n) is 3.95. The summed E-state index contributed by atoms with van der Waals surface area (Å²) < 4.78 is 5.99. The minimum absolute atomic E-state index is 0.000575. The van der Waals surface area contributed by atoms with Crippen molar-refractivity contribution >= 4 is 27.7 Å². The molecule has 0 aromatic heterocycles. The number of carbonyl (C=O) groups is 2. The normalized spacial score (nSPS) is 14.5. The molecule has 132 valence electrons. The summed E-state index contributed by atoms with van der Waals surface area (Å²) in [6, 6.07) is 7.20. The van der Waals surface area contributed by atoms with Crippen molar-refractivity contribution in [1.82, 2.24) is 15.1 Å². The highest BCUT2D eigenvalue weighted by Crippen LogP contribution is 2.13. The molecule has 1 N–H and O–H groups in total. The summed E-state index contributed by atoms with van der Waals surface area (Å²) in [5.41, 5.74) is 0.587. The number of amides is 2. The molecular formula is C17H24BrN3O3. The van der Waals surface area contributed by atoms with E-state index in [0.29, 0.717) is 38.2 Å². The van der Waals surface area contributed by atoms with Crippen LogP contribution >= 0.6 is 15.9 Å². The van der Waals surface area contributed by atoms with E-state index in [2.05, 4.69) is 21.2 Å². The van der Waals surface area contributed by atoms with Gasteiger partial charge in [0.2, 0.25) is 5.91 Å². The molecule has 1 aromatic carbocycles. The van der Waals surface area contributed by atoms with Gasteiger partial charge in [-0.05, 0) is 30.7 Å². The van der Waals surface area contributed by atoms with Crippen molar-refractivity contribution in [3.05, 3.63) is 34.3 Å². The van der Waals surface area contributed by atoms with E-state index in [1.54, 1.807) is 24.1 Å². The smallest absolute Gasteiger partial charge is 0.254 e. The fourth-order valence-corrected chi connectivity index (χ4v) is 2.87. The summed E-state index contributed by atoms with van der Waals surface area (Å²) in [5, 5.41) is 3.22. The Bertz CT molecular complexity index is 545. The van der Waals surface area contributed by atoms with E-state index in [0.717, 1.165) is 17.6 Å². The van der Waals surface area contributed by atoms with Gasteiger partial charge >= 0.3 is 0 Å². The summed E-state index contributed by atoms with van der Waals surface area (Å²) in [6.45, 7) is 4.16. The zero-order valence-electron chi connectivity index (χ0n) is 14.0. The number of carbonyl (C=O) groups excluding carboxylic acids is 2. The topological polar surface area (TPSA) is 61.9 Å². The largest absolute Gasteiger partial charge is 0.385 e. The van der Waals surface area contributed by atoms with Crippen molar-refractivity contribution in [2.75, 3.05) is 53.0 Å². The van der Waals surface area contributed by atoms with Crippen LogP contribution in [0.4, 0.5) is 0 Å². The number of piperazine rings is 1. The number of benzene rings is 1. The van der Waals surface area contributed by atoms with E-state index >= 15 is 0 Å².